The molecule has 0 spiro atoms. The molecule has 1 aromatic heterocycles. The molecular weight excluding hydrogens is 276 g/mol. The number of benzene rings is 1. The summed E-state index contributed by atoms with van der Waals surface area (Å²) in [5.41, 5.74) is 5.88. The minimum absolute atomic E-state index is 0. The number of fused-ring (bicyclic) bond motifs is 1. The first-order valence-corrected chi connectivity index (χ1v) is 6.35. The largest absolute Gasteiger partial charge is 1.00 e. The van der Waals surface area contributed by atoms with E-state index in [1.165, 1.54) is 7.11 Å². The Balaban J connectivity index is 0.00000200. The van der Waals surface area contributed by atoms with Crippen molar-refractivity contribution in [3.05, 3.63) is 36.0 Å². The lowest BCUT2D eigenvalue weighted by atomic mass is 9.78. The van der Waals surface area contributed by atoms with E-state index in [1.54, 1.807) is 0 Å². The molecule has 3 N–H and O–H groups in total. The van der Waals surface area contributed by atoms with Crippen molar-refractivity contribution < 1.29 is 27.7 Å². The summed E-state index contributed by atoms with van der Waals surface area (Å²) in [6.07, 6.45) is 2.08. The number of halogens is 1. The van der Waals surface area contributed by atoms with Gasteiger partial charge in [0.05, 0.1) is 12.5 Å². The molecule has 1 unspecified atom stereocenters. The summed E-state index contributed by atoms with van der Waals surface area (Å²) in [5.74, 6) is -0.280. The smallest absolute Gasteiger partial charge is 0.365 e. The first-order valence-electron chi connectivity index (χ1n) is 6.35. The van der Waals surface area contributed by atoms with Gasteiger partial charge in [0.25, 0.3) is 0 Å². The molecule has 0 amide bonds. The first kappa shape index (κ1) is 16.5. The molecule has 1 atom stereocenters. The summed E-state index contributed by atoms with van der Waals surface area (Å²) in [6, 6.07) is 7.74. The van der Waals surface area contributed by atoms with Crippen LogP contribution in [0, 0.1) is 0 Å². The van der Waals surface area contributed by atoms with Gasteiger partial charge in [-0.2, -0.15) is 0 Å². The number of aromatic nitrogens is 1. The summed E-state index contributed by atoms with van der Waals surface area (Å²) < 4.78 is 6.91. The number of hydrogen-bond donors (Lipinski definition) is 1. The fourth-order valence-corrected chi connectivity index (χ4v) is 2.48. The SMILES string of the molecule is COC(=O)C([NH3+])C(C)(C)c1cn(C)c2ccccc12.[Cl-]. The summed E-state index contributed by atoms with van der Waals surface area (Å²) in [7, 11) is 3.41. The van der Waals surface area contributed by atoms with Crippen molar-refractivity contribution in [2.24, 2.45) is 7.05 Å². The Morgan fingerprint density at radius 3 is 2.55 bits per heavy atom. The highest BCUT2D eigenvalue weighted by Crippen LogP contribution is 2.33. The van der Waals surface area contributed by atoms with E-state index in [0.29, 0.717) is 0 Å². The zero-order valence-corrected chi connectivity index (χ0v) is 13.1. The molecule has 1 aromatic carbocycles. The fraction of sp³-hybridized carbons (Fsp3) is 0.400. The molecule has 1 heterocycles. The number of ether oxygens (including phenoxy) is 1. The standard InChI is InChI=1S/C15H20N2O2.ClH/c1-15(2,13(16)14(18)19-4)11-9-17(3)12-8-6-5-7-10(11)12;/h5-9,13H,16H2,1-4H3;1H. The molecule has 0 saturated carbocycles. The Morgan fingerprint density at radius 2 is 1.95 bits per heavy atom. The third-order valence-corrected chi connectivity index (χ3v) is 3.95. The average Bonchev–Trinajstić information content (AvgIpc) is 2.75. The lowest BCUT2D eigenvalue weighted by molar-refractivity contribution is -0.422. The van der Waals surface area contributed by atoms with Crippen LogP contribution in [0.25, 0.3) is 10.9 Å². The highest BCUT2D eigenvalue weighted by atomic mass is 35.5. The Bertz CT molecular complexity index is 619. The van der Waals surface area contributed by atoms with Crippen LogP contribution in [0.15, 0.2) is 30.5 Å². The second-order valence-electron chi connectivity index (χ2n) is 5.47. The molecule has 0 aliphatic rings. The molecular formula is C15H21ClN2O2. The summed E-state index contributed by atoms with van der Waals surface area (Å²) in [4.78, 5) is 11.8. The number of nitrogens with zero attached hydrogens (tertiary/aromatic N) is 1. The number of aryl methyl sites for hydroxylation is 1. The number of methoxy groups -OCH3 is 1. The minimum atomic E-state index is -0.441. The van der Waals surface area contributed by atoms with Crippen LogP contribution in [0.4, 0.5) is 0 Å². The Hall–Kier alpha value is -1.52. The zero-order chi connectivity index (χ0) is 14.2. The van der Waals surface area contributed by atoms with E-state index in [2.05, 4.69) is 28.6 Å². The highest BCUT2D eigenvalue weighted by molar-refractivity contribution is 5.86. The van der Waals surface area contributed by atoms with E-state index in [-0.39, 0.29) is 23.8 Å². The maximum atomic E-state index is 11.8. The van der Waals surface area contributed by atoms with Gasteiger partial charge < -0.3 is 27.4 Å². The van der Waals surface area contributed by atoms with Crippen molar-refractivity contribution in [2.45, 2.75) is 25.3 Å². The highest BCUT2D eigenvalue weighted by Gasteiger charge is 2.39. The van der Waals surface area contributed by atoms with Crippen LogP contribution < -0.4 is 18.1 Å². The second kappa shape index (κ2) is 5.85. The van der Waals surface area contributed by atoms with Gasteiger partial charge in [-0.25, -0.2) is 4.79 Å². The van der Waals surface area contributed by atoms with E-state index >= 15 is 0 Å². The van der Waals surface area contributed by atoms with Crippen LogP contribution >= 0.6 is 0 Å². The van der Waals surface area contributed by atoms with E-state index in [4.69, 9.17) is 4.74 Å². The van der Waals surface area contributed by atoms with Gasteiger partial charge in [-0.3, -0.25) is 0 Å². The molecule has 4 nitrogen and oxygen atoms in total. The van der Waals surface area contributed by atoms with Crippen LogP contribution in [0.2, 0.25) is 0 Å². The molecule has 5 heteroatoms. The summed E-state index contributed by atoms with van der Waals surface area (Å²) in [6.45, 7) is 4.06. The van der Waals surface area contributed by atoms with Crippen molar-refractivity contribution in [3.8, 4) is 0 Å². The Kier molecular flexibility index (Phi) is 4.84. The molecule has 0 bridgehead atoms. The molecule has 110 valence electrons. The van der Waals surface area contributed by atoms with Gasteiger partial charge in [0.15, 0.2) is 6.04 Å². The molecule has 0 aliphatic carbocycles. The van der Waals surface area contributed by atoms with Crippen molar-refractivity contribution >= 4 is 16.9 Å². The predicted molar refractivity (Wildman–Crippen MR) is 74.6 cm³/mol. The van der Waals surface area contributed by atoms with Crippen molar-refractivity contribution in [1.82, 2.24) is 4.57 Å². The number of hydrogen-bond acceptors (Lipinski definition) is 2. The molecule has 20 heavy (non-hydrogen) atoms. The van der Waals surface area contributed by atoms with E-state index in [0.717, 1.165) is 16.5 Å². The van der Waals surface area contributed by atoms with Crippen LogP contribution in [-0.4, -0.2) is 23.7 Å². The van der Waals surface area contributed by atoms with Crippen molar-refractivity contribution in [3.63, 3.8) is 0 Å². The average molecular weight is 297 g/mol. The third kappa shape index (κ3) is 2.53. The fourth-order valence-electron chi connectivity index (χ4n) is 2.48. The Labute approximate surface area is 125 Å². The maximum absolute atomic E-state index is 11.8. The normalized spacial score (nSPS) is 12.8. The Morgan fingerprint density at radius 1 is 1.35 bits per heavy atom. The number of carbonyl (C=O) groups is 1. The quantitative estimate of drug-likeness (QED) is 0.683. The van der Waals surface area contributed by atoms with Gasteiger partial charge in [-0.1, -0.05) is 18.2 Å². The molecule has 0 saturated heterocycles. The second-order valence-corrected chi connectivity index (χ2v) is 5.47. The monoisotopic (exact) mass is 296 g/mol. The number of quaternary nitrogens is 1. The lowest BCUT2D eigenvalue weighted by Crippen LogP contribution is -3.00. The van der Waals surface area contributed by atoms with E-state index in [1.807, 2.05) is 33.0 Å². The summed E-state index contributed by atoms with van der Waals surface area (Å²) in [5, 5.41) is 1.16. The maximum Gasteiger partial charge on any atom is 0.365 e. The minimum Gasteiger partial charge on any atom is -1.00 e. The van der Waals surface area contributed by atoms with Gasteiger partial charge in [0.2, 0.25) is 0 Å². The topological polar surface area (TPSA) is 58.9 Å². The molecule has 0 radical (unpaired) electrons. The van der Waals surface area contributed by atoms with Crippen LogP contribution in [-0.2, 0) is 22.0 Å². The number of para-hydroxylation sites is 1. The zero-order valence-electron chi connectivity index (χ0n) is 12.3. The number of rotatable bonds is 3. The van der Waals surface area contributed by atoms with Crippen LogP contribution in [0.5, 0.6) is 0 Å². The van der Waals surface area contributed by atoms with Crippen molar-refractivity contribution in [2.75, 3.05) is 7.11 Å². The van der Waals surface area contributed by atoms with Crippen LogP contribution in [0.1, 0.15) is 19.4 Å². The van der Waals surface area contributed by atoms with Gasteiger partial charge in [0, 0.05) is 24.1 Å². The number of carbonyl (C=O) groups excluding carboxylic acids is 1. The van der Waals surface area contributed by atoms with Gasteiger partial charge >= 0.3 is 5.97 Å². The van der Waals surface area contributed by atoms with Crippen molar-refractivity contribution in [1.29, 1.82) is 0 Å². The molecule has 0 fully saturated rings. The molecule has 0 aliphatic heterocycles. The van der Waals surface area contributed by atoms with Gasteiger partial charge in [0.1, 0.15) is 0 Å². The first-order chi connectivity index (χ1) is 8.89. The third-order valence-electron chi connectivity index (χ3n) is 3.95. The van der Waals surface area contributed by atoms with Gasteiger partial charge in [-0.05, 0) is 25.5 Å². The predicted octanol–water partition coefficient (Wildman–Crippen LogP) is -1.76. The van der Waals surface area contributed by atoms with E-state index in [9.17, 15) is 4.79 Å². The summed E-state index contributed by atoms with van der Waals surface area (Å²) >= 11 is 0. The molecule has 2 aromatic rings. The number of esters is 1. The molecule has 2 rings (SSSR count). The van der Waals surface area contributed by atoms with E-state index < -0.39 is 6.04 Å². The van der Waals surface area contributed by atoms with Crippen LogP contribution in [0.3, 0.4) is 0 Å². The van der Waals surface area contributed by atoms with Gasteiger partial charge in [-0.15, -0.1) is 0 Å². The lowest BCUT2D eigenvalue weighted by Gasteiger charge is -2.26.